The zero-order chi connectivity index (χ0) is 33.1. The zero-order valence-corrected chi connectivity index (χ0v) is 26.6. The molecule has 15 heteroatoms. The molecular weight excluding hydrogens is 632 g/mol. The Bertz CT molecular complexity index is 1970. The Morgan fingerprint density at radius 3 is 2.55 bits per heavy atom. The van der Waals surface area contributed by atoms with Gasteiger partial charge in [0.05, 0.1) is 30.7 Å². The van der Waals surface area contributed by atoms with Crippen molar-refractivity contribution in [2.75, 3.05) is 33.9 Å². The van der Waals surface area contributed by atoms with E-state index in [9.17, 15) is 22.8 Å². The maximum atomic E-state index is 13.7. The zero-order valence-electron chi connectivity index (χ0n) is 25.7. The van der Waals surface area contributed by atoms with Crippen molar-refractivity contribution >= 4 is 32.9 Å². The first-order valence-corrected chi connectivity index (χ1v) is 16.4. The normalized spacial score (nSPS) is 19.6. The van der Waals surface area contributed by atoms with Gasteiger partial charge in [-0.1, -0.05) is 6.07 Å². The molecule has 4 heterocycles. The predicted molar refractivity (Wildman–Crippen MR) is 168 cm³/mol. The molecule has 1 fully saturated rings. The SMILES string of the molecule is COc1cc2ccc1CNC(=O)CCc1ccc(OC)c(c1)OCC(=O)N[C@@H]1CN(S(=O)(=O)c3ccc4[nH]c(=O)oc4c3)CC[C@@H]1O2. The van der Waals surface area contributed by atoms with Crippen LogP contribution in [0.5, 0.6) is 23.0 Å². The fraction of sp³-hybridized carbons (Fsp3) is 0.344. The van der Waals surface area contributed by atoms with E-state index in [0.29, 0.717) is 34.9 Å². The van der Waals surface area contributed by atoms with Gasteiger partial charge in [-0.3, -0.25) is 14.6 Å². The van der Waals surface area contributed by atoms with Crippen LogP contribution in [0.15, 0.2) is 68.7 Å². The van der Waals surface area contributed by atoms with Gasteiger partial charge >= 0.3 is 5.76 Å². The molecule has 3 aliphatic heterocycles. The van der Waals surface area contributed by atoms with Crippen molar-refractivity contribution in [2.45, 2.75) is 42.8 Å². The molecule has 0 radical (unpaired) electrons. The van der Waals surface area contributed by atoms with Crippen LogP contribution in [-0.2, 0) is 32.6 Å². The predicted octanol–water partition coefficient (Wildman–Crippen LogP) is 2.11. The average molecular weight is 667 g/mol. The summed E-state index contributed by atoms with van der Waals surface area (Å²) in [7, 11) is -1.05. The highest BCUT2D eigenvalue weighted by Crippen LogP contribution is 2.31. The number of rotatable bonds is 4. The van der Waals surface area contributed by atoms with Gasteiger partial charge < -0.3 is 34.0 Å². The van der Waals surface area contributed by atoms with Gasteiger partial charge in [0.25, 0.3) is 5.91 Å². The summed E-state index contributed by atoms with van der Waals surface area (Å²) in [6.07, 6.45) is 0.277. The van der Waals surface area contributed by atoms with Gasteiger partial charge in [0.2, 0.25) is 15.9 Å². The van der Waals surface area contributed by atoms with E-state index in [2.05, 4.69) is 15.6 Å². The number of carbonyl (C=O) groups is 2. The summed E-state index contributed by atoms with van der Waals surface area (Å²) in [6, 6.07) is 13.8. The first kappa shape index (κ1) is 31.9. The summed E-state index contributed by atoms with van der Waals surface area (Å²) in [4.78, 5) is 40.0. The summed E-state index contributed by atoms with van der Waals surface area (Å²) < 4.78 is 57.0. The summed E-state index contributed by atoms with van der Waals surface area (Å²) in [6.45, 7) is -0.154. The van der Waals surface area contributed by atoms with E-state index in [1.54, 1.807) is 30.3 Å². The van der Waals surface area contributed by atoms with Crippen LogP contribution in [0.1, 0.15) is 24.0 Å². The number of piperidine rings is 1. The second-order valence-corrected chi connectivity index (χ2v) is 13.1. The molecule has 0 spiro atoms. The van der Waals surface area contributed by atoms with Crippen molar-refractivity contribution in [3.05, 3.63) is 76.3 Å². The molecule has 248 valence electrons. The highest BCUT2D eigenvalue weighted by molar-refractivity contribution is 7.89. The van der Waals surface area contributed by atoms with Crippen molar-refractivity contribution in [3.8, 4) is 23.0 Å². The topological polar surface area (TPSA) is 178 Å². The third-order valence-electron chi connectivity index (χ3n) is 8.14. The number of amides is 2. The summed E-state index contributed by atoms with van der Waals surface area (Å²) in [5, 5.41) is 5.82. The number of hydrogen-bond acceptors (Lipinski definition) is 10. The van der Waals surface area contributed by atoms with Gasteiger partial charge in [-0.05, 0) is 48.4 Å². The lowest BCUT2D eigenvalue weighted by Gasteiger charge is -2.38. The molecule has 2 atom stereocenters. The third kappa shape index (κ3) is 7.05. The van der Waals surface area contributed by atoms with Gasteiger partial charge in [0.1, 0.15) is 17.6 Å². The number of nitrogens with one attached hydrogen (secondary N) is 3. The van der Waals surface area contributed by atoms with Crippen molar-refractivity contribution in [2.24, 2.45) is 0 Å². The molecule has 0 aliphatic carbocycles. The lowest BCUT2D eigenvalue weighted by Crippen LogP contribution is -2.58. The van der Waals surface area contributed by atoms with Crippen molar-refractivity contribution in [1.82, 2.24) is 19.9 Å². The Kier molecular flexibility index (Phi) is 9.09. The first-order chi connectivity index (χ1) is 22.6. The number of aromatic nitrogens is 1. The molecule has 0 unspecified atom stereocenters. The highest BCUT2D eigenvalue weighted by atomic mass is 32.2. The van der Waals surface area contributed by atoms with E-state index in [1.165, 1.54) is 36.7 Å². The fourth-order valence-electron chi connectivity index (χ4n) is 5.67. The van der Waals surface area contributed by atoms with Crippen molar-refractivity contribution in [3.63, 3.8) is 0 Å². The number of ether oxygens (including phenoxy) is 4. The Morgan fingerprint density at radius 1 is 0.915 bits per heavy atom. The number of benzene rings is 3. The minimum absolute atomic E-state index is 0.0581. The van der Waals surface area contributed by atoms with Crippen LogP contribution in [0.3, 0.4) is 0 Å². The van der Waals surface area contributed by atoms with Crippen LogP contribution >= 0.6 is 0 Å². The number of aryl methyl sites for hydroxylation is 1. The van der Waals surface area contributed by atoms with E-state index in [1.807, 2.05) is 6.07 Å². The van der Waals surface area contributed by atoms with E-state index in [0.717, 1.165) is 11.1 Å². The van der Waals surface area contributed by atoms with Crippen LogP contribution in [0.4, 0.5) is 0 Å². The molecule has 7 rings (SSSR count). The Morgan fingerprint density at radius 2 is 1.74 bits per heavy atom. The third-order valence-corrected chi connectivity index (χ3v) is 10.00. The monoisotopic (exact) mass is 666 g/mol. The number of nitrogens with zero attached hydrogens (tertiary/aromatic N) is 1. The van der Waals surface area contributed by atoms with Gasteiger partial charge in [0.15, 0.2) is 23.7 Å². The number of oxazole rings is 1. The van der Waals surface area contributed by atoms with Gasteiger partial charge in [0, 0.05) is 50.2 Å². The average Bonchev–Trinajstić information content (AvgIpc) is 3.45. The smallest absolute Gasteiger partial charge is 0.417 e. The lowest BCUT2D eigenvalue weighted by molar-refractivity contribution is -0.125. The lowest BCUT2D eigenvalue weighted by atomic mass is 10.0. The molecule has 0 saturated carbocycles. The van der Waals surface area contributed by atoms with Crippen LogP contribution in [0, 0.1) is 0 Å². The van der Waals surface area contributed by atoms with Gasteiger partial charge in [-0.25, -0.2) is 13.2 Å². The van der Waals surface area contributed by atoms with E-state index >= 15 is 0 Å². The Balaban J connectivity index is 1.30. The number of carbonyl (C=O) groups excluding carboxylic acids is 2. The first-order valence-electron chi connectivity index (χ1n) is 15.0. The molecule has 4 aromatic rings. The second-order valence-electron chi connectivity index (χ2n) is 11.2. The number of hydrogen-bond donors (Lipinski definition) is 3. The second kappa shape index (κ2) is 13.4. The van der Waals surface area contributed by atoms with Crippen LogP contribution < -0.4 is 35.3 Å². The van der Waals surface area contributed by atoms with Crippen molar-refractivity contribution in [1.29, 1.82) is 0 Å². The Labute approximate surface area is 270 Å². The molecule has 3 aromatic carbocycles. The molecule has 3 aliphatic rings. The molecule has 1 saturated heterocycles. The van der Waals surface area contributed by atoms with Crippen LogP contribution in [0.25, 0.3) is 11.1 Å². The minimum Gasteiger partial charge on any atom is -0.496 e. The van der Waals surface area contributed by atoms with E-state index in [-0.39, 0.29) is 55.5 Å². The molecule has 14 nitrogen and oxygen atoms in total. The van der Waals surface area contributed by atoms with Gasteiger partial charge in [-0.15, -0.1) is 0 Å². The Hall–Kier alpha value is -5.02. The molecular formula is C32H34N4O10S. The highest BCUT2D eigenvalue weighted by Gasteiger charge is 2.38. The van der Waals surface area contributed by atoms with E-state index in [4.69, 9.17) is 23.4 Å². The van der Waals surface area contributed by atoms with E-state index < -0.39 is 33.8 Å². The number of sulfonamides is 1. The molecule has 1 aromatic heterocycles. The largest absolute Gasteiger partial charge is 0.496 e. The fourth-order valence-corrected chi connectivity index (χ4v) is 7.17. The quantitative estimate of drug-likeness (QED) is 0.292. The standard InChI is InChI=1S/C32H34N4O10S/c1-42-26-9-3-19-4-10-30(37)33-16-20-5-6-21(14-27(20)43-2)45-25-11-12-36(17-24(25)34-31(38)18-44-29(26)13-19)47(40,41)22-7-8-23-28(15-22)46-32(39)35-23/h3,5-9,13-15,24-25H,4,10-12,16-18H2,1-2H3,(H,33,37)(H,34,38)(H,35,39)/t24-,25+/m1/s1. The minimum atomic E-state index is -4.05. The molecule has 2 amide bonds. The maximum absolute atomic E-state index is 13.7. The molecule has 3 N–H and O–H groups in total. The number of aromatic amines is 1. The molecule has 4 bridgehead atoms. The summed E-state index contributed by atoms with van der Waals surface area (Å²) >= 11 is 0. The van der Waals surface area contributed by atoms with Gasteiger partial charge in [-0.2, -0.15) is 4.31 Å². The number of fused-ring (bicyclic) bond motifs is 10. The number of H-pyrrole nitrogens is 1. The maximum Gasteiger partial charge on any atom is 0.417 e. The van der Waals surface area contributed by atoms with Crippen LogP contribution in [-0.4, -0.2) is 75.6 Å². The summed E-state index contributed by atoms with van der Waals surface area (Å²) in [5.74, 6) is 0.344. The van der Waals surface area contributed by atoms with Crippen LogP contribution in [0.2, 0.25) is 0 Å². The van der Waals surface area contributed by atoms with Crippen molar-refractivity contribution < 1.29 is 41.4 Å². The molecule has 47 heavy (non-hydrogen) atoms. The summed E-state index contributed by atoms with van der Waals surface area (Å²) in [5.41, 5.74) is 2.05. The number of methoxy groups -OCH3 is 2.